The molecule has 1 atom stereocenters. The average Bonchev–Trinajstić information content (AvgIpc) is 2.75. The number of methoxy groups -OCH3 is 1. The monoisotopic (exact) mass is 532 g/mol. The van der Waals surface area contributed by atoms with Crippen molar-refractivity contribution in [1.82, 2.24) is 15.1 Å². The molecule has 0 amide bonds. The lowest BCUT2D eigenvalue weighted by Gasteiger charge is -2.35. The molecule has 1 fully saturated rings. The van der Waals surface area contributed by atoms with E-state index in [1.54, 1.807) is 7.11 Å². The average molecular weight is 533 g/mol. The van der Waals surface area contributed by atoms with Crippen LogP contribution in [0.2, 0.25) is 0 Å². The maximum absolute atomic E-state index is 5.98. The van der Waals surface area contributed by atoms with Crippen LogP contribution in [0.3, 0.4) is 0 Å². The minimum Gasteiger partial charge on any atom is -0.385 e. The number of ether oxygens (including phenoxy) is 2. The quantitative estimate of drug-likeness (QED) is 0.216. The van der Waals surface area contributed by atoms with E-state index in [9.17, 15) is 0 Å². The summed E-state index contributed by atoms with van der Waals surface area (Å²) in [6.45, 7) is 6.53. The fourth-order valence-electron chi connectivity index (χ4n) is 3.78. The molecule has 1 unspecified atom stereocenters. The van der Waals surface area contributed by atoms with E-state index in [0.717, 1.165) is 64.5 Å². The van der Waals surface area contributed by atoms with Crippen molar-refractivity contribution in [2.45, 2.75) is 44.8 Å². The van der Waals surface area contributed by atoms with Gasteiger partial charge in [-0.2, -0.15) is 0 Å². The molecule has 1 aromatic rings. The molecule has 0 radical (unpaired) electrons. The lowest BCUT2D eigenvalue weighted by molar-refractivity contribution is 0.00987. The van der Waals surface area contributed by atoms with Gasteiger partial charge < -0.3 is 24.6 Å². The van der Waals surface area contributed by atoms with Crippen LogP contribution in [0, 0.1) is 0 Å². The summed E-state index contributed by atoms with van der Waals surface area (Å²) in [5.41, 5.74) is 2.71. The maximum Gasteiger partial charge on any atom is 0.193 e. The molecule has 7 heteroatoms. The first kappa shape index (κ1) is 27.1. The van der Waals surface area contributed by atoms with Gasteiger partial charge in [0.25, 0.3) is 0 Å². The maximum atomic E-state index is 5.98. The molecule has 1 aliphatic heterocycles. The number of piperidine rings is 1. The molecule has 30 heavy (non-hydrogen) atoms. The van der Waals surface area contributed by atoms with Gasteiger partial charge in [-0.05, 0) is 50.9 Å². The van der Waals surface area contributed by atoms with Crippen LogP contribution in [0.25, 0.3) is 0 Å². The molecular weight excluding hydrogens is 491 g/mol. The molecule has 0 saturated carbocycles. The predicted octanol–water partition coefficient (Wildman–Crippen LogP) is 3.56. The summed E-state index contributed by atoms with van der Waals surface area (Å²) in [7, 11) is 7.87. The van der Waals surface area contributed by atoms with Crippen molar-refractivity contribution in [2.24, 2.45) is 4.99 Å². The second-order valence-corrected chi connectivity index (χ2v) is 7.91. The highest BCUT2D eigenvalue weighted by Crippen LogP contribution is 2.19. The van der Waals surface area contributed by atoms with Crippen molar-refractivity contribution in [3.8, 4) is 0 Å². The number of benzene rings is 1. The molecule has 1 saturated heterocycles. The highest BCUT2D eigenvalue weighted by molar-refractivity contribution is 14.0. The van der Waals surface area contributed by atoms with Gasteiger partial charge in [0.05, 0.1) is 12.1 Å². The SMILES string of the molecule is CCc1ccc(C(CNC(=NC)N2CCC(OCCCOC)CC2)N(C)C)cc1.I. The third-order valence-electron chi connectivity index (χ3n) is 5.65. The highest BCUT2D eigenvalue weighted by Gasteiger charge is 2.23. The number of rotatable bonds is 10. The van der Waals surface area contributed by atoms with Crippen LogP contribution in [0.1, 0.15) is 43.4 Å². The van der Waals surface area contributed by atoms with Gasteiger partial charge in [0.2, 0.25) is 0 Å². The Bertz CT molecular complexity index is 602. The zero-order valence-corrected chi connectivity index (χ0v) is 21.7. The zero-order chi connectivity index (χ0) is 21.1. The molecule has 0 bridgehead atoms. The lowest BCUT2D eigenvalue weighted by Crippen LogP contribution is -2.48. The Labute approximate surface area is 200 Å². The van der Waals surface area contributed by atoms with Crippen molar-refractivity contribution < 1.29 is 9.47 Å². The molecular formula is C23H41IN4O2. The Morgan fingerprint density at radius 1 is 1.20 bits per heavy atom. The van der Waals surface area contributed by atoms with E-state index in [2.05, 4.69) is 65.4 Å². The fraction of sp³-hybridized carbons (Fsp3) is 0.696. The summed E-state index contributed by atoms with van der Waals surface area (Å²) < 4.78 is 11.1. The van der Waals surface area contributed by atoms with Crippen LogP contribution in [0.5, 0.6) is 0 Å². The molecule has 0 aromatic heterocycles. The molecule has 1 aliphatic rings. The number of hydrogen-bond donors (Lipinski definition) is 1. The molecule has 2 rings (SSSR count). The van der Waals surface area contributed by atoms with Crippen LogP contribution >= 0.6 is 24.0 Å². The number of hydrogen-bond acceptors (Lipinski definition) is 4. The Morgan fingerprint density at radius 2 is 1.87 bits per heavy atom. The van der Waals surface area contributed by atoms with E-state index < -0.39 is 0 Å². The van der Waals surface area contributed by atoms with Gasteiger partial charge in [0.1, 0.15) is 0 Å². The number of aliphatic imine (C=N–C) groups is 1. The van der Waals surface area contributed by atoms with Gasteiger partial charge in [-0.1, -0.05) is 31.2 Å². The summed E-state index contributed by atoms with van der Waals surface area (Å²) in [5.74, 6) is 0.986. The van der Waals surface area contributed by atoms with Gasteiger partial charge >= 0.3 is 0 Å². The number of nitrogens with zero attached hydrogens (tertiary/aromatic N) is 3. The lowest BCUT2D eigenvalue weighted by atomic mass is 10.0. The van der Waals surface area contributed by atoms with E-state index in [1.807, 2.05) is 7.05 Å². The first-order valence-electron chi connectivity index (χ1n) is 10.9. The Kier molecular flexibility index (Phi) is 13.6. The summed E-state index contributed by atoms with van der Waals surface area (Å²) in [4.78, 5) is 9.15. The Hall–Kier alpha value is -0.900. The summed E-state index contributed by atoms with van der Waals surface area (Å²) in [6.07, 6.45) is 4.48. The van der Waals surface area contributed by atoms with E-state index >= 15 is 0 Å². The summed E-state index contributed by atoms with van der Waals surface area (Å²) >= 11 is 0. The van der Waals surface area contributed by atoms with Crippen molar-refractivity contribution in [3.63, 3.8) is 0 Å². The number of guanidine groups is 1. The van der Waals surface area contributed by atoms with Gasteiger partial charge in [-0.3, -0.25) is 4.99 Å². The topological polar surface area (TPSA) is 49.3 Å². The van der Waals surface area contributed by atoms with Gasteiger partial charge in [-0.25, -0.2) is 0 Å². The third-order valence-corrected chi connectivity index (χ3v) is 5.65. The minimum absolute atomic E-state index is 0. The van der Waals surface area contributed by atoms with Gasteiger partial charge in [0, 0.05) is 47.0 Å². The number of aryl methyl sites for hydroxylation is 1. The predicted molar refractivity (Wildman–Crippen MR) is 136 cm³/mol. The van der Waals surface area contributed by atoms with Crippen LogP contribution in [0.15, 0.2) is 29.3 Å². The highest BCUT2D eigenvalue weighted by atomic mass is 127. The fourth-order valence-corrected chi connectivity index (χ4v) is 3.78. The van der Waals surface area contributed by atoms with E-state index in [-0.39, 0.29) is 24.0 Å². The van der Waals surface area contributed by atoms with E-state index in [0.29, 0.717) is 12.1 Å². The van der Waals surface area contributed by atoms with Gasteiger partial charge in [-0.15, -0.1) is 24.0 Å². The molecule has 0 aliphatic carbocycles. The van der Waals surface area contributed by atoms with Crippen LogP contribution in [-0.4, -0.2) is 83.0 Å². The van der Waals surface area contributed by atoms with Crippen molar-refractivity contribution in [2.75, 3.05) is 61.1 Å². The Balaban J connectivity index is 0.00000450. The van der Waals surface area contributed by atoms with Crippen molar-refractivity contribution in [1.29, 1.82) is 0 Å². The molecule has 1 heterocycles. The molecule has 0 spiro atoms. The first-order valence-corrected chi connectivity index (χ1v) is 10.9. The Morgan fingerprint density at radius 3 is 2.40 bits per heavy atom. The third kappa shape index (κ3) is 8.69. The minimum atomic E-state index is 0. The van der Waals surface area contributed by atoms with Crippen molar-refractivity contribution >= 4 is 29.9 Å². The second-order valence-electron chi connectivity index (χ2n) is 7.91. The zero-order valence-electron chi connectivity index (χ0n) is 19.4. The largest absolute Gasteiger partial charge is 0.385 e. The molecule has 6 nitrogen and oxygen atoms in total. The smallest absolute Gasteiger partial charge is 0.193 e. The van der Waals surface area contributed by atoms with Crippen LogP contribution in [-0.2, 0) is 15.9 Å². The number of likely N-dealkylation sites (tertiary alicyclic amines) is 1. The number of halogens is 1. The number of likely N-dealkylation sites (N-methyl/N-ethyl adjacent to an activating group) is 1. The molecule has 1 N–H and O–H groups in total. The normalized spacial score (nSPS) is 16.5. The van der Waals surface area contributed by atoms with Crippen LogP contribution in [0.4, 0.5) is 0 Å². The standard InChI is InChI=1S/C23H40N4O2.HI/c1-6-19-8-10-20(11-9-19)22(26(3)4)18-25-23(24-2)27-14-12-21(13-15-27)29-17-7-16-28-5;/h8-11,21-22H,6-7,12-18H2,1-5H3,(H,24,25);1H. The van der Waals surface area contributed by atoms with Crippen LogP contribution < -0.4 is 5.32 Å². The molecule has 172 valence electrons. The summed E-state index contributed by atoms with van der Waals surface area (Å²) in [5, 5.41) is 3.60. The van der Waals surface area contributed by atoms with E-state index in [1.165, 1.54) is 11.1 Å². The first-order chi connectivity index (χ1) is 14.1. The van der Waals surface area contributed by atoms with Crippen molar-refractivity contribution in [3.05, 3.63) is 35.4 Å². The molecule has 1 aromatic carbocycles. The van der Waals surface area contributed by atoms with E-state index in [4.69, 9.17) is 9.47 Å². The summed E-state index contributed by atoms with van der Waals surface area (Å²) in [6, 6.07) is 9.27. The second kappa shape index (κ2) is 15.0. The van der Waals surface area contributed by atoms with Gasteiger partial charge in [0.15, 0.2) is 5.96 Å². The number of nitrogens with one attached hydrogen (secondary N) is 1.